The number of ether oxygens (including phenoxy) is 2. The van der Waals surface area contributed by atoms with Gasteiger partial charge in [-0.3, -0.25) is 9.89 Å². The van der Waals surface area contributed by atoms with E-state index in [9.17, 15) is 8.78 Å². The van der Waals surface area contributed by atoms with Crippen molar-refractivity contribution in [1.29, 1.82) is 0 Å². The molecule has 9 heteroatoms. The van der Waals surface area contributed by atoms with Crippen LogP contribution in [0.1, 0.15) is 19.8 Å². The molecule has 0 aromatic heterocycles. The van der Waals surface area contributed by atoms with Gasteiger partial charge in [-0.15, -0.1) is 0 Å². The highest BCUT2D eigenvalue weighted by molar-refractivity contribution is 5.80. The van der Waals surface area contributed by atoms with Crippen molar-refractivity contribution in [1.82, 2.24) is 15.5 Å². The van der Waals surface area contributed by atoms with Crippen LogP contribution in [0.5, 0.6) is 5.75 Å². The smallest absolute Gasteiger partial charge is 0.387 e. The average Bonchev–Trinajstić information content (AvgIpc) is 3.20. The maximum absolute atomic E-state index is 12.7. The SMILES string of the molecule is CCNC(=NCCCN1CCOCC1)NC1CCN(c2ccccc2OC(F)F)C1. The number of halogens is 2. The summed E-state index contributed by atoms with van der Waals surface area (Å²) in [5.41, 5.74) is 0.703. The fraction of sp³-hybridized carbons (Fsp3) is 0.667. The summed E-state index contributed by atoms with van der Waals surface area (Å²) in [6, 6.07) is 7.16. The molecule has 168 valence electrons. The highest BCUT2D eigenvalue weighted by Gasteiger charge is 2.26. The number of hydrogen-bond donors (Lipinski definition) is 2. The topological polar surface area (TPSA) is 61.4 Å². The number of nitrogens with zero attached hydrogens (tertiary/aromatic N) is 3. The van der Waals surface area contributed by atoms with Crippen LogP contribution in [0.3, 0.4) is 0 Å². The molecule has 1 aromatic rings. The predicted octanol–water partition coefficient (Wildman–Crippen LogP) is 2.14. The number of hydrogen-bond acceptors (Lipinski definition) is 5. The van der Waals surface area contributed by atoms with Gasteiger partial charge < -0.3 is 25.0 Å². The molecule has 0 radical (unpaired) electrons. The Kier molecular flexibility index (Phi) is 8.95. The Morgan fingerprint density at radius 2 is 2.07 bits per heavy atom. The molecule has 0 amide bonds. The predicted molar refractivity (Wildman–Crippen MR) is 115 cm³/mol. The molecule has 2 N–H and O–H groups in total. The van der Waals surface area contributed by atoms with Crippen molar-refractivity contribution in [2.45, 2.75) is 32.4 Å². The second-order valence-electron chi connectivity index (χ2n) is 7.49. The van der Waals surface area contributed by atoms with Gasteiger partial charge in [0.2, 0.25) is 0 Å². The third-order valence-electron chi connectivity index (χ3n) is 5.30. The van der Waals surface area contributed by atoms with Crippen LogP contribution in [0.25, 0.3) is 0 Å². The molecule has 0 spiro atoms. The quantitative estimate of drug-likeness (QED) is 0.359. The summed E-state index contributed by atoms with van der Waals surface area (Å²) in [7, 11) is 0. The molecule has 30 heavy (non-hydrogen) atoms. The Balaban J connectivity index is 1.49. The summed E-state index contributed by atoms with van der Waals surface area (Å²) in [5, 5.41) is 6.79. The molecule has 2 fully saturated rings. The van der Waals surface area contributed by atoms with Crippen LogP contribution >= 0.6 is 0 Å². The van der Waals surface area contributed by atoms with Gasteiger partial charge in [0.25, 0.3) is 0 Å². The van der Waals surface area contributed by atoms with Crippen molar-refractivity contribution in [3.05, 3.63) is 24.3 Å². The van der Waals surface area contributed by atoms with Crippen LogP contribution in [0.4, 0.5) is 14.5 Å². The van der Waals surface area contributed by atoms with E-state index in [1.54, 1.807) is 12.1 Å². The van der Waals surface area contributed by atoms with Crippen LogP contribution in [0.2, 0.25) is 0 Å². The number of para-hydroxylation sites is 2. The van der Waals surface area contributed by atoms with Crippen LogP contribution in [-0.2, 0) is 4.74 Å². The molecule has 0 aliphatic carbocycles. The number of morpholine rings is 1. The minimum Gasteiger partial charge on any atom is -0.433 e. The van der Waals surface area contributed by atoms with E-state index in [4.69, 9.17) is 9.73 Å². The van der Waals surface area contributed by atoms with E-state index in [0.717, 1.165) is 71.3 Å². The number of aliphatic imine (C=N–C) groups is 1. The van der Waals surface area contributed by atoms with Gasteiger partial charge in [-0.25, -0.2) is 0 Å². The third kappa shape index (κ3) is 6.98. The van der Waals surface area contributed by atoms with Crippen molar-refractivity contribution < 1.29 is 18.3 Å². The number of nitrogens with one attached hydrogen (secondary N) is 2. The fourth-order valence-corrected chi connectivity index (χ4v) is 3.83. The molecular formula is C21H33F2N5O2. The number of rotatable bonds is 9. The normalized spacial score (nSPS) is 20.6. The first-order chi connectivity index (χ1) is 14.7. The monoisotopic (exact) mass is 425 g/mol. The Morgan fingerprint density at radius 1 is 1.27 bits per heavy atom. The first-order valence-corrected chi connectivity index (χ1v) is 10.8. The van der Waals surface area contributed by atoms with Gasteiger partial charge in [0.05, 0.1) is 18.9 Å². The van der Waals surface area contributed by atoms with Crippen molar-refractivity contribution in [3.8, 4) is 5.75 Å². The molecule has 1 unspecified atom stereocenters. The van der Waals surface area contributed by atoms with E-state index >= 15 is 0 Å². The molecule has 0 saturated carbocycles. The van der Waals surface area contributed by atoms with Crippen LogP contribution in [0, 0.1) is 0 Å². The Labute approximate surface area is 177 Å². The van der Waals surface area contributed by atoms with Gasteiger partial charge >= 0.3 is 6.61 Å². The van der Waals surface area contributed by atoms with E-state index < -0.39 is 6.61 Å². The first-order valence-electron chi connectivity index (χ1n) is 10.8. The minimum absolute atomic E-state index is 0.196. The zero-order valence-corrected chi connectivity index (χ0v) is 17.7. The lowest BCUT2D eigenvalue weighted by molar-refractivity contribution is -0.0495. The standard InChI is InChI=1S/C21H33F2N5O2/c1-2-24-21(25-9-5-10-27-12-14-29-15-13-27)26-17-8-11-28(16-17)18-6-3-4-7-19(18)30-20(22)23/h3-4,6-7,17,20H,2,5,8-16H2,1H3,(H2,24,25,26). The summed E-state index contributed by atoms with van der Waals surface area (Å²) in [6.45, 7) is 6.91. The van der Waals surface area contributed by atoms with Crippen molar-refractivity contribution in [2.75, 3.05) is 63.9 Å². The number of guanidine groups is 1. The fourth-order valence-electron chi connectivity index (χ4n) is 3.83. The van der Waals surface area contributed by atoms with E-state index in [-0.39, 0.29) is 11.8 Å². The molecule has 7 nitrogen and oxygen atoms in total. The summed E-state index contributed by atoms with van der Waals surface area (Å²) in [6.07, 6.45) is 1.91. The second-order valence-corrected chi connectivity index (χ2v) is 7.49. The van der Waals surface area contributed by atoms with Gasteiger partial charge in [0.1, 0.15) is 5.75 Å². The van der Waals surface area contributed by atoms with Crippen LogP contribution in [0.15, 0.2) is 29.3 Å². The average molecular weight is 426 g/mol. The van der Waals surface area contributed by atoms with Crippen molar-refractivity contribution in [2.24, 2.45) is 4.99 Å². The van der Waals surface area contributed by atoms with Gasteiger partial charge in [-0.1, -0.05) is 12.1 Å². The lowest BCUT2D eigenvalue weighted by atomic mass is 10.2. The zero-order chi connectivity index (χ0) is 21.2. The summed E-state index contributed by atoms with van der Waals surface area (Å²) in [5.74, 6) is 1.03. The van der Waals surface area contributed by atoms with Gasteiger partial charge in [-0.05, 0) is 31.9 Å². The van der Waals surface area contributed by atoms with E-state index in [1.165, 1.54) is 0 Å². The highest BCUT2D eigenvalue weighted by atomic mass is 19.3. The van der Waals surface area contributed by atoms with Gasteiger partial charge in [0, 0.05) is 51.9 Å². The largest absolute Gasteiger partial charge is 0.433 e. The number of alkyl halides is 2. The maximum atomic E-state index is 12.7. The lowest BCUT2D eigenvalue weighted by Gasteiger charge is -2.26. The first kappa shape index (κ1) is 22.6. The molecule has 1 aromatic carbocycles. The zero-order valence-electron chi connectivity index (χ0n) is 17.7. The van der Waals surface area contributed by atoms with Gasteiger partial charge in [0.15, 0.2) is 5.96 Å². The van der Waals surface area contributed by atoms with Crippen LogP contribution in [-0.4, -0.2) is 82.5 Å². The number of benzene rings is 1. The molecule has 2 saturated heterocycles. The van der Waals surface area contributed by atoms with E-state index in [0.29, 0.717) is 12.2 Å². The highest BCUT2D eigenvalue weighted by Crippen LogP contribution is 2.31. The Bertz CT molecular complexity index is 671. The third-order valence-corrected chi connectivity index (χ3v) is 5.30. The Hall–Kier alpha value is -2.13. The molecular weight excluding hydrogens is 392 g/mol. The van der Waals surface area contributed by atoms with E-state index in [1.807, 2.05) is 19.1 Å². The summed E-state index contributed by atoms with van der Waals surface area (Å²) in [4.78, 5) is 9.20. The summed E-state index contributed by atoms with van der Waals surface area (Å²) < 4.78 is 35.5. The van der Waals surface area contributed by atoms with Crippen molar-refractivity contribution >= 4 is 11.6 Å². The van der Waals surface area contributed by atoms with Gasteiger partial charge in [-0.2, -0.15) is 8.78 Å². The Morgan fingerprint density at radius 3 is 2.83 bits per heavy atom. The molecule has 2 heterocycles. The molecule has 0 bridgehead atoms. The van der Waals surface area contributed by atoms with E-state index in [2.05, 4.69) is 25.2 Å². The summed E-state index contributed by atoms with van der Waals surface area (Å²) >= 11 is 0. The molecule has 2 aliphatic heterocycles. The second kappa shape index (κ2) is 11.9. The maximum Gasteiger partial charge on any atom is 0.387 e. The minimum atomic E-state index is -2.83. The van der Waals surface area contributed by atoms with Crippen molar-refractivity contribution in [3.63, 3.8) is 0 Å². The van der Waals surface area contributed by atoms with Crippen LogP contribution < -0.4 is 20.3 Å². The molecule has 1 atom stereocenters. The lowest BCUT2D eigenvalue weighted by Crippen LogP contribution is -2.44. The molecule has 3 rings (SSSR count). The molecule has 2 aliphatic rings. The number of anilines is 1.